The molecule has 150 valence electrons. The van der Waals surface area contributed by atoms with Crippen LogP contribution in [-0.4, -0.2) is 42.5 Å². The second-order valence-electron chi connectivity index (χ2n) is 6.66. The van der Waals surface area contributed by atoms with Gasteiger partial charge in [-0.15, -0.1) is 0 Å². The smallest absolute Gasteiger partial charge is 0.242 e. The molecule has 2 aromatic carbocycles. The number of nitrogens with one attached hydrogen (secondary N) is 1. The van der Waals surface area contributed by atoms with E-state index in [4.69, 9.17) is 4.74 Å². The van der Waals surface area contributed by atoms with Crippen LogP contribution in [0.15, 0.2) is 60.7 Å². The first-order valence-electron chi connectivity index (χ1n) is 9.90. The van der Waals surface area contributed by atoms with Crippen molar-refractivity contribution in [2.45, 2.75) is 39.2 Å². The number of rotatable bonds is 11. The van der Waals surface area contributed by atoms with Crippen molar-refractivity contribution in [3.8, 4) is 5.75 Å². The van der Waals surface area contributed by atoms with Gasteiger partial charge in [-0.1, -0.05) is 48.5 Å². The van der Waals surface area contributed by atoms with Crippen molar-refractivity contribution in [2.24, 2.45) is 0 Å². The standard InChI is InChI=1S/C23H30N2O3/c1-3-24-23(27)19(2)25(17-16-20-11-6-4-7-12-20)22(26)15-10-18-28-21-13-8-5-9-14-21/h4-9,11-14,19H,3,10,15-18H2,1-2H3,(H,24,27)/t19-/m0/s1. The normalized spacial score (nSPS) is 11.5. The third-order valence-corrected chi connectivity index (χ3v) is 4.55. The zero-order valence-corrected chi connectivity index (χ0v) is 16.8. The summed E-state index contributed by atoms with van der Waals surface area (Å²) in [7, 11) is 0. The molecule has 2 amide bonds. The summed E-state index contributed by atoms with van der Waals surface area (Å²) < 4.78 is 5.66. The molecule has 5 heteroatoms. The molecule has 0 aliphatic carbocycles. The lowest BCUT2D eigenvalue weighted by atomic mass is 10.1. The van der Waals surface area contributed by atoms with E-state index in [2.05, 4.69) is 5.32 Å². The Bertz CT molecular complexity index is 719. The lowest BCUT2D eigenvalue weighted by molar-refractivity contribution is -0.140. The van der Waals surface area contributed by atoms with E-state index in [1.807, 2.05) is 67.6 Å². The van der Waals surface area contributed by atoms with Crippen LogP contribution < -0.4 is 10.1 Å². The van der Waals surface area contributed by atoms with Crippen LogP contribution in [0.25, 0.3) is 0 Å². The van der Waals surface area contributed by atoms with Gasteiger partial charge < -0.3 is 15.0 Å². The average Bonchev–Trinajstić information content (AvgIpc) is 2.73. The van der Waals surface area contributed by atoms with E-state index < -0.39 is 6.04 Å². The molecule has 0 fully saturated rings. The molecular formula is C23H30N2O3. The SMILES string of the molecule is CCNC(=O)[C@H](C)N(CCc1ccccc1)C(=O)CCCOc1ccccc1. The van der Waals surface area contributed by atoms with E-state index in [9.17, 15) is 9.59 Å². The molecule has 1 atom stereocenters. The van der Waals surface area contributed by atoms with Gasteiger partial charge in [-0.3, -0.25) is 9.59 Å². The summed E-state index contributed by atoms with van der Waals surface area (Å²) in [5.74, 6) is 0.655. The molecule has 0 heterocycles. The summed E-state index contributed by atoms with van der Waals surface area (Å²) in [6, 6.07) is 19.1. The number of benzene rings is 2. The number of hydrogen-bond acceptors (Lipinski definition) is 3. The van der Waals surface area contributed by atoms with Crippen molar-refractivity contribution >= 4 is 11.8 Å². The van der Waals surface area contributed by atoms with Gasteiger partial charge in [0, 0.05) is 19.5 Å². The van der Waals surface area contributed by atoms with E-state index in [1.165, 1.54) is 0 Å². The van der Waals surface area contributed by atoms with Crippen molar-refractivity contribution in [1.29, 1.82) is 0 Å². The van der Waals surface area contributed by atoms with Crippen molar-refractivity contribution in [3.05, 3.63) is 66.2 Å². The van der Waals surface area contributed by atoms with E-state index >= 15 is 0 Å². The van der Waals surface area contributed by atoms with E-state index in [0.29, 0.717) is 32.5 Å². The molecule has 0 spiro atoms. The third kappa shape index (κ3) is 7.06. The van der Waals surface area contributed by atoms with Crippen LogP contribution in [0.1, 0.15) is 32.3 Å². The summed E-state index contributed by atoms with van der Waals surface area (Å²) in [5, 5.41) is 2.81. The number of likely N-dealkylation sites (N-methyl/N-ethyl adjacent to an activating group) is 1. The minimum absolute atomic E-state index is 0.0219. The van der Waals surface area contributed by atoms with Gasteiger partial charge in [0.1, 0.15) is 11.8 Å². The molecule has 0 saturated carbocycles. The maximum Gasteiger partial charge on any atom is 0.242 e. The second kappa shape index (κ2) is 11.8. The molecule has 2 rings (SSSR count). The number of para-hydroxylation sites is 1. The summed E-state index contributed by atoms with van der Waals surface area (Å²) in [6.07, 6.45) is 1.68. The maximum atomic E-state index is 12.8. The van der Waals surface area contributed by atoms with Crippen molar-refractivity contribution in [1.82, 2.24) is 10.2 Å². The number of carbonyl (C=O) groups is 2. The van der Waals surface area contributed by atoms with Gasteiger partial charge in [0.15, 0.2) is 0 Å². The highest BCUT2D eigenvalue weighted by molar-refractivity contribution is 5.87. The molecule has 0 bridgehead atoms. The van der Waals surface area contributed by atoms with E-state index in [-0.39, 0.29) is 11.8 Å². The van der Waals surface area contributed by atoms with Crippen LogP contribution in [0.4, 0.5) is 0 Å². The zero-order valence-electron chi connectivity index (χ0n) is 16.8. The highest BCUT2D eigenvalue weighted by atomic mass is 16.5. The predicted octanol–water partition coefficient (Wildman–Crippen LogP) is 3.44. The van der Waals surface area contributed by atoms with E-state index in [1.54, 1.807) is 11.8 Å². The molecule has 0 saturated heterocycles. The van der Waals surface area contributed by atoms with Crippen molar-refractivity contribution < 1.29 is 14.3 Å². The van der Waals surface area contributed by atoms with E-state index in [0.717, 1.165) is 17.7 Å². The van der Waals surface area contributed by atoms with Gasteiger partial charge in [-0.05, 0) is 44.4 Å². The fourth-order valence-corrected chi connectivity index (χ4v) is 2.97. The predicted molar refractivity (Wildman–Crippen MR) is 111 cm³/mol. The number of amides is 2. The highest BCUT2D eigenvalue weighted by Crippen LogP contribution is 2.11. The first-order valence-corrected chi connectivity index (χ1v) is 9.90. The van der Waals surface area contributed by atoms with Crippen molar-refractivity contribution in [2.75, 3.05) is 19.7 Å². The molecule has 0 aliphatic heterocycles. The summed E-state index contributed by atoms with van der Waals surface area (Å²) in [5.41, 5.74) is 1.15. The van der Waals surface area contributed by atoms with Gasteiger partial charge in [-0.2, -0.15) is 0 Å². The minimum atomic E-state index is -0.494. The minimum Gasteiger partial charge on any atom is -0.494 e. The summed E-state index contributed by atoms with van der Waals surface area (Å²) >= 11 is 0. The Kier molecular flexibility index (Phi) is 9.05. The fraction of sp³-hybridized carbons (Fsp3) is 0.391. The number of nitrogens with zero attached hydrogens (tertiary/aromatic N) is 1. The van der Waals surface area contributed by atoms with Gasteiger partial charge in [0.05, 0.1) is 6.61 Å². The van der Waals surface area contributed by atoms with Gasteiger partial charge in [0.2, 0.25) is 11.8 Å². The topological polar surface area (TPSA) is 58.6 Å². The van der Waals surface area contributed by atoms with Crippen LogP contribution in [0.2, 0.25) is 0 Å². The zero-order chi connectivity index (χ0) is 20.2. The monoisotopic (exact) mass is 382 g/mol. The van der Waals surface area contributed by atoms with Crippen LogP contribution >= 0.6 is 0 Å². The lowest BCUT2D eigenvalue weighted by Gasteiger charge is -2.28. The van der Waals surface area contributed by atoms with Crippen molar-refractivity contribution in [3.63, 3.8) is 0 Å². The van der Waals surface area contributed by atoms with Gasteiger partial charge in [-0.25, -0.2) is 0 Å². The molecular weight excluding hydrogens is 352 g/mol. The first kappa shape index (κ1) is 21.5. The Hall–Kier alpha value is -2.82. The number of carbonyl (C=O) groups excluding carboxylic acids is 2. The molecule has 28 heavy (non-hydrogen) atoms. The lowest BCUT2D eigenvalue weighted by Crippen LogP contribution is -2.48. The number of ether oxygens (including phenoxy) is 1. The number of hydrogen-bond donors (Lipinski definition) is 1. The molecule has 0 aliphatic rings. The summed E-state index contributed by atoms with van der Waals surface area (Å²) in [6.45, 7) is 5.20. The first-order chi connectivity index (χ1) is 13.6. The maximum absolute atomic E-state index is 12.8. The Morgan fingerprint density at radius 2 is 1.68 bits per heavy atom. The van der Waals surface area contributed by atoms with Crippen LogP contribution in [0.3, 0.4) is 0 Å². The molecule has 1 N–H and O–H groups in total. The third-order valence-electron chi connectivity index (χ3n) is 4.55. The molecule has 0 aromatic heterocycles. The van der Waals surface area contributed by atoms with Gasteiger partial charge >= 0.3 is 0 Å². The van der Waals surface area contributed by atoms with Crippen LogP contribution in [-0.2, 0) is 16.0 Å². The Labute approximate surface area is 167 Å². The van der Waals surface area contributed by atoms with Gasteiger partial charge in [0.25, 0.3) is 0 Å². The molecule has 5 nitrogen and oxygen atoms in total. The quantitative estimate of drug-likeness (QED) is 0.606. The van der Waals surface area contributed by atoms with Crippen LogP contribution in [0, 0.1) is 0 Å². The Morgan fingerprint density at radius 1 is 1.04 bits per heavy atom. The molecule has 0 radical (unpaired) electrons. The second-order valence-corrected chi connectivity index (χ2v) is 6.66. The largest absolute Gasteiger partial charge is 0.494 e. The Morgan fingerprint density at radius 3 is 2.32 bits per heavy atom. The Balaban J connectivity index is 1.90. The van der Waals surface area contributed by atoms with Crippen LogP contribution in [0.5, 0.6) is 5.75 Å². The average molecular weight is 383 g/mol. The fourth-order valence-electron chi connectivity index (χ4n) is 2.97. The highest BCUT2D eigenvalue weighted by Gasteiger charge is 2.24. The molecule has 2 aromatic rings. The molecule has 0 unspecified atom stereocenters. The summed E-state index contributed by atoms with van der Waals surface area (Å²) in [4.78, 5) is 26.8.